The Kier molecular flexibility index (Phi) is 5.21. The number of carbonyl (C=O) groups is 2. The summed E-state index contributed by atoms with van der Waals surface area (Å²) in [7, 11) is 0. The predicted octanol–water partition coefficient (Wildman–Crippen LogP) is 3.92. The van der Waals surface area contributed by atoms with Crippen LogP contribution in [0.1, 0.15) is 25.3 Å². The van der Waals surface area contributed by atoms with Crippen LogP contribution >= 0.6 is 0 Å². The molecule has 3 N–H and O–H groups in total. The van der Waals surface area contributed by atoms with Gasteiger partial charge in [-0.25, -0.2) is 4.39 Å². The fourth-order valence-electron chi connectivity index (χ4n) is 2.48. The van der Waals surface area contributed by atoms with Crippen LogP contribution < -0.4 is 16.0 Å². The van der Waals surface area contributed by atoms with Gasteiger partial charge in [-0.3, -0.25) is 9.59 Å². The lowest BCUT2D eigenvalue weighted by molar-refractivity contribution is -0.117. The van der Waals surface area contributed by atoms with Gasteiger partial charge in [0, 0.05) is 23.0 Å². The molecule has 6 heteroatoms. The van der Waals surface area contributed by atoms with Gasteiger partial charge in [-0.2, -0.15) is 0 Å². The highest BCUT2D eigenvalue weighted by Crippen LogP contribution is 2.30. The van der Waals surface area contributed by atoms with Gasteiger partial charge in [0.05, 0.1) is 0 Å². The number of aryl methyl sites for hydroxylation is 1. The topological polar surface area (TPSA) is 70.2 Å². The molecule has 1 fully saturated rings. The van der Waals surface area contributed by atoms with Gasteiger partial charge in [-0.05, 0) is 68.7 Å². The van der Waals surface area contributed by atoms with Gasteiger partial charge >= 0.3 is 0 Å². The van der Waals surface area contributed by atoms with E-state index < -0.39 is 6.04 Å². The summed E-state index contributed by atoms with van der Waals surface area (Å²) < 4.78 is 13.6. The first-order valence-corrected chi connectivity index (χ1v) is 8.67. The van der Waals surface area contributed by atoms with Crippen LogP contribution in [0.2, 0.25) is 0 Å². The second kappa shape index (κ2) is 7.56. The fourth-order valence-corrected chi connectivity index (χ4v) is 2.48. The predicted molar refractivity (Wildman–Crippen MR) is 101 cm³/mol. The number of rotatable bonds is 6. The van der Waals surface area contributed by atoms with Gasteiger partial charge in [-0.15, -0.1) is 0 Å². The number of anilines is 3. The van der Waals surface area contributed by atoms with Crippen molar-refractivity contribution in [2.75, 3.05) is 16.0 Å². The summed E-state index contributed by atoms with van der Waals surface area (Å²) in [6.07, 6.45) is 1.92. The van der Waals surface area contributed by atoms with Crippen molar-refractivity contribution >= 4 is 28.9 Å². The maximum atomic E-state index is 13.6. The molecular weight excluding hydrogens is 333 g/mol. The Hall–Kier alpha value is -2.89. The number of nitrogens with one attached hydrogen (secondary N) is 3. The molecule has 3 rings (SSSR count). The average molecular weight is 355 g/mol. The largest absolute Gasteiger partial charge is 0.374 e. The van der Waals surface area contributed by atoms with Gasteiger partial charge in [0.1, 0.15) is 11.9 Å². The zero-order chi connectivity index (χ0) is 18.7. The van der Waals surface area contributed by atoms with Gasteiger partial charge in [0.15, 0.2) is 0 Å². The normalized spacial score (nSPS) is 14.4. The summed E-state index contributed by atoms with van der Waals surface area (Å²) in [5, 5.41) is 8.64. The van der Waals surface area contributed by atoms with Crippen LogP contribution in [-0.2, 0) is 9.59 Å². The molecule has 0 unspecified atom stereocenters. The first-order chi connectivity index (χ1) is 12.4. The third-order valence-electron chi connectivity index (χ3n) is 4.32. The number of hydrogen-bond donors (Lipinski definition) is 3. The van der Waals surface area contributed by atoms with E-state index in [1.54, 1.807) is 50.2 Å². The van der Waals surface area contributed by atoms with Crippen LogP contribution in [0.15, 0.2) is 42.5 Å². The summed E-state index contributed by atoms with van der Waals surface area (Å²) in [5.41, 5.74) is 2.44. The van der Waals surface area contributed by atoms with E-state index in [-0.39, 0.29) is 23.5 Å². The summed E-state index contributed by atoms with van der Waals surface area (Å²) in [4.78, 5) is 24.0. The van der Waals surface area contributed by atoms with E-state index in [9.17, 15) is 14.0 Å². The number of halogens is 1. The van der Waals surface area contributed by atoms with Crippen molar-refractivity contribution in [1.82, 2.24) is 0 Å². The fraction of sp³-hybridized carbons (Fsp3) is 0.300. The molecule has 1 aliphatic carbocycles. The first kappa shape index (κ1) is 17.9. The van der Waals surface area contributed by atoms with Crippen molar-refractivity contribution in [3.05, 3.63) is 53.8 Å². The molecule has 0 aliphatic heterocycles. The number of carbonyl (C=O) groups excluding carboxylic acids is 2. The van der Waals surface area contributed by atoms with Crippen molar-refractivity contribution in [3.8, 4) is 0 Å². The molecule has 0 heterocycles. The highest BCUT2D eigenvalue weighted by molar-refractivity contribution is 5.96. The van der Waals surface area contributed by atoms with Crippen LogP contribution in [0.3, 0.4) is 0 Å². The number of benzene rings is 2. The molecule has 0 aromatic heterocycles. The van der Waals surface area contributed by atoms with E-state index in [1.807, 2.05) is 0 Å². The van der Waals surface area contributed by atoms with E-state index in [0.29, 0.717) is 11.3 Å². The molecule has 136 valence electrons. The molecule has 2 aromatic rings. The maximum Gasteiger partial charge on any atom is 0.246 e. The Morgan fingerprint density at radius 3 is 2.23 bits per heavy atom. The lowest BCUT2D eigenvalue weighted by atomic mass is 10.2. The van der Waals surface area contributed by atoms with E-state index >= 15 is 0 Å². The quantitative estimate of drug-likeness (QED) is 0.735. The highest BCUT2D eigenvalue weighted by Gasteiger charge is 2.29. The van der Waals surface area contributed by atoms with E-state index in [0.717, 1.165) is 24.2 Å². The van der Waals surface area contributed by atoms with Crippen molar-refractivity contribution in [2.24, 2.45) is 5.92 Å². The molecule has 0 spiro atoms. The van der Waals surface area contributed by atoms with Crippen LogP contribution in [-0.4, -0.2) is 17.9 Å². The second-order valence-electron chi connectivity index (χ2n) is 6.66. The first-order valence-electron chi connectivity index (χ1n) is 8.67. The van der Waals surface area contributed by atoms with Crippen molar-refractivity contribution in [3.63, 3.8) is 0 Å². The molecular formula is C20H22FN3O2. The minimum atomic E-state index is -0.508. The van der Waals surface area contributed by atoms with E-state index in [1.165, 1.54) is 6.07 Å². The minimum Gasteiger partial charge on any atom is -0.374 e. The van der Waals surface area contributed by atoms with Gasteiger partial charge < -0.3 is 16.0 Å². The van der Waals surface area contributed by atoms with Crippen LogP contribution in [0.5, 0.6) is 0 Å². The Bertz CT molecular complexity index is 816. The Morgan fingerprint density at radius 2 is 1.62 bits per heavy atom. The molecule has 0 saturated heterocycles. The molecule has 2 amide bonds. The number of hydrogen-bond acceptors (Lipinski definition) is 3. The van der Waals surface area contributed by atoms with E-state index in [2.05, 4.69) is 16.0 Å². The van der Waals surface area contributed by atoms with Crippen molar-refractivity contribution in [1.29, 1.82) is 0 Å². The molecule has 5 nitrogen and oxygen atoms in total. The molecule has 1 aliphatic rings. The standard InChI is InChI=1S/C20H22FN3O2/c1-12-3-6-17(11-18(12)21)24-19(25)13(2)22-15-7-9-16(10-8-15)23-20(26)14-4-5-14/h3,6-11,13-14,22H,4-5H2,1-2H3,(H,23,26)(H,24,25)/t13-/m0/s1. The molecule has 1 atom stereocenters. The molecule has 1 saturated carbocycles. The molecule has 0 radical (unpaired) electrons. The smallest absolute Gasteiger partial charge is 0.246 e. The van der Waals surface area contributed by atoms with E-state index in [4.69, 9.17) is 0 Å². The Balaban J connectivity index is 1.54. The summed E-state index contributed by atoms with van der Waals surface area (Å²) in [5.74, 6) is -0.404. The van der Waals surface area contributed by atoms with Crippen LogP contribution in [0.25, 0.3) is 0 Å². The minimum absolute atomic E-state index is 0.0591. The highest BCUT2D eigenvalue weighted by atomic mass is 19.1. The SMILES string of the molecule is Cc1ccc(NC(=O)[C@H](C)Nc2ccc(NC(=O)C3CC3)cc2)cc1F. The summed E-state index contributed by atoms with van der Waals surface area (Å²) >= 11 is 0. The van der Waals surface area contributed by atoms with Crippen LogP contribution in [0.4, 0.5) is 21.5 Å². The molecule has 0 bridgehead atoms. The third kappa shape index (κ3) is 4.59. The average Bonchev–Trinajstić information content (AvgIpc) is 3.45. The van der Waals surface area contributed by atoms with Gasteiger partial charge in [0.25, 0.3) is 0 Å². The summed E-state index contributed by atoms with van der Waals surface area (Å²) in [6, 6.07) is 11.3. The third-order valence-corrected chi connectivity index (χ3v) is 4.32. The zero-order valence-electron chi connectivity index (χ0n) is 14.8. The second-order valence-corrected chi connectivity index (χ2v) is 6.66. The van der Waals surface area contributed by atoms with Gasteiger partial charge in [-0.1, -0.05) is 6.07 Å². The van der Waals surface area contributed by atoms with Gasteiger partial charge in [0.2, 0.25) is 11.8 Å². The number of amides is 2. The monoisotopic (exact) mass is 355 g/mol. The lowest BCUT2D eigenvalue weighted by Crippen LogP contribution is -2.31. The summed E-state index contributed by atoms with van der Waals surface area (Å²) in [6.45, 7) is 3.39. The zero-order valence-corrected chi connectivity index (χ0v) is 14.8. The lowest BCUT2D eigenvalue weighted by Gasteiger charge is -2.16. The van der Waals surface area contributed by atoms with Crippen molar-refractivity contribution < 1.29 is 14.0 Å². The van der Waals surface area contributed by atoms with Crippen LogP contribution in [0, 0.1) is 18.7 Å². The van der Waals surface area contributed by atoms with Crippen molar-refractivity contribution in [2.45, 2.75) is 32.7 Å². The molecule has 2 aromatic carbocycles. The Labute approximate surface area is 152 Å². The molecule has 26 heavy (non-hydrogen) atoms. The maximum absolute atomic E-state index is 13.6. The Morgan fingerprint density at radius 1 is 1.00 bits per heavy atom.